The van der Waals surface area contributed by atoms with E-state index in [-0.39, 0.29) is 11.7 Å². The first-order valence-electron chi connectivity index (χ1n) is 3.12. The van der Waals surface area contributed by atoms with Crippen LogP contribution in [0.5, 0.6) is 0 Å². The van der Waals surface area contributed by atoms with Gasteiger partial charge in [-0.15, -0.1) is 0 Å². The summed E-state index contributed by atoms with van der Waals surface area (Å²) in [5.41, 5.74) is -0.172. The van der Waals surface area contributed by atoms with Crippen LogP contribution in [-0.4, -0.2) is 25.9 Å². The summed E-state index contributed by atoms with van der Waals surface area (Å²) in [5, 5.41) is 0. The second-order valence-corrected chi connectivity index (χ2v) is 2.69. The van der Waals surface area contributed by atoms with Gasteiger partial charge < -0.3 is 9.47 Å². The van der Waals surface area contributed by atoms with Crippen LogP contribution in [0.15, 0.2) is 0 Å². The molecule has 0 rings (SSSR count). The van der Waals surface area contributed by atoms with E-state index < -0.39 is 0 Å². The fourth-order valence-corrected chi connectivity index (χ4v) is 0.450. The summed E-state index contributed by atoms with van der Waals surface area (Å²) in [6.45, 7) is 5.99. The van der Waals surface area contributed by atoms with Crippen LogP contribution >= 0.6 is 0 Å². The van der Waals surface area contributed by atoms with E-state index in [1.54, 1.807) is 14.2 Å². The summed E-state index contributed by atoms with van der Waals surface area (Å²) in [6.07, 6.45) is 0.141. The fraction of sp³-hybridized carbons (Fsp3) is 1.00. The number of methoxy groups -OCH3 is 2. The van der Waals surface area contributed by atoms with E-state index in [0.29, 0.717) is 0 Å². The lowest BCUT2D eigenvalue weighted by Crippen LogP contribution is -2.37. The molecule has 0 unspecified atom stereocenters. The summed E-state index contributed by atoms with van der Waals surface area (Å²) in [6, 6.07) is 0. The fourth-order valence-electron chi connectivity index (χ4n) is 0.450. The molecule has 0 aromatic carbocycles. The highest BCUT2D eigenvalue weighted by molar-refractivity contribution is 4.75. The lowest BCUT2D eigenvalue weighted by atomic mass is 10.0. The van der Waals surface area contributed by atoms with Crippen molar-refractivity contribution in [2.75, 3.05) is 14.2 Å². The molecule has 56 valence electrons. The summed E-state index contributed by atoms with van der Waals surface area (Å²) in [4.78, 5) is 0. The molecular weight excluding hydrogens is 116 g/mol. The van der Waals surface area contributed by atoms with Crippen molar-refractivity contribution < 1.29 is 9.47 Å². The molecule has 2 nitrogen and oxygen atoms in total. The van der Waals surface area contributed by atoms with Crippen LogP contribution in [0.4, 0.5) is 0 Å². The van der Waals surface area contributed by atoms with E-state index in [1.165, 1.54) is 0 Å². The molecule has 0 saturated heterocycles. The third-order valence-electron chi connectivity index (χ3n) is 1.86. The average molecular weight is 132 g/mol. The predicted octanol–water partition coefficient (Wildman–Crippen LogP) is 1.45. The molecule has 0 amide bonds. The third-order valence-corrected chi connectivity index (χ3v) is 1.86. The van der Waals surface area contributed by atoms with Gasteiger partial charge in [-0.25, -0.2) is 0 Å². The summed E-state index contributed by atoms with van der Waals surface area (Å²) in [5.74, 6) is 0. The third kappa shape index (κ3) is 2.33. The molecule has 0 saturated carbocycles. The lowest BCUT2D eigenvalue weighted by molar-refractivity contribution is -0.0858. The van der Waals surface area contributed by atoms with E-state index in [2.05, 4.69) is 0 Å². The van der Waals surface area contributed by atoms with Crippen molar-refractivity contribution in [2.45, 2.75) is 32.5 Å². The minimum absolute atomic E-state index is 0.141. The Morgan fingerprint density at radius 2 is 1.67 bits per heavy atom. The molecule has 0 aliphatic rings. The minimum atomic E-state index is -0.172. The SMILES string of the molecule is CO[C@H](C)C(C)(C)OC. The zero-order valence-corrected chi connectivity index (χ0v) is 6.89. The van der Waals surface area contributed by atoms with Gasteiger partial charge in [0.25, 0.3) is 0 Å². The topological polar surface area (TPSA) is 18.5 Å². The summed E-state index contributed by atoms with van der Waals surface area (Å²) in [7, 11) is 3.38. The summed E-state index contributed by atoms with van der Waals surface area (Å²) >= 11 is 0. The highest BCUT2D eigenvalue weighted by Gasteiger charge is 2.24. The number of ether oxygens (including phenoxy) is 2. The normalized spacial score (nSPS) is 15.7. The first-order valence-corrected chi connectivity index (χ1v) is 3.12. The van der Waals surface area contributed by atoms with Crippen molar-refractivity contribution >= 4 is 0 Å². The molecule has 0 heterocycles. The largest absolute Gasteiger partial charge is 0.379 e. The van der Waals surface area contributed by atoms with Crippen LogP contribution in [0.3, 0.4) is 0 Å². The van der Waals surface area contributed by atoms with E-state index in [9.17, 15) is 0 Å². The van der Waals surface area contributed by atoms with Crippen LogP contribution in [-0.2, 0) is 9.47 Å². The van der Waals surface area contributed by atoms with Gasteiger partial charge in [-0.3, -0.25) is 0 Å². The van der Waals surface area contributed by atoms with E-state index >= 15 is 0 Å². The average Bonchev–Trinajstić information content (AvgIpc) is 1.86. The molecule has 0 bridgehead atoms. The number of hydrogen-bond acceptors (Lipinski definition) is 2. The van der Waals surface area contributed by atoms with Crippen LogP contribution in [0.2, 0.25) is 0 Å². The van der Waals surface area contributed by atoms with Crippen LogP contribution < -0.4 is 0 Å². The predicted molar refractivity (Wildman–Crippen MR) is 37.6 cm³/mol. The maximum Gasteiger partial charge on any atom is 0.0880 e. The van der Waals surface area contributed by atoms with E-state index in [0.717, 1.165) is 0 Å². The van der Waals surface area contributed by atoms with E-state index in [1.807, 2.05) is 20.8 Å². The van der Waals surface area contributed by atoms with Gasteiger partial charge in [0.15, 0.2) is 0 Å². The highest BCUT2D eigenvalue weighted by atomic mass is 16.5. The Balaban J connectivity index is 3.80. The maximum atomic E-state index is 5.17. The van der Waals surface area contributed by atoms with Gasteiger partial charge in [0.05, 0.1) is 11.7 Å². The van der Waals surface area contributed by atoms with Crippen molar-refractivity contribution in [3.05, 3.63) is 0 Å². The van der Waals surface area contributed by atoms with Crippen molar-refractivity contribution in [1.82, 2.24) is 0 Å². The Hall–Kier alpha value is -0.0800. The van der Waals surface area contributed by atoms with Crippen molar-refractivity contribution in [3.8, 4) is 0 Å². The van der Waals surface area contributed by atoms with Crippen LogP contribution in [0.1, 0.15) is 20.8 Å². The van der Waals surface area contributed by atoms with Gasteiger partial charge in [-0.05, 0) is 20.8 Å². The first kappa shape index (κ1) is 8.92. The minimum Gasteiger partial charge on any atom is -0.379 e. The van der Waals surface area contributed by atoms with Crippen LogP contribution in [0.25, 0.3) is 0 Å². The standard InChI is InChI=1S/C7H16O2/c1-6(8-4)7(2,3)9-5/h6H,1-5H3/t6-/m1/s1. The Morgan fingerprint density at radius 3 is 1.78 bits per heavy atom. The highest BCUT2D eigenvalue weighted by Crippen LogP contribution is 2.14. The van der Waals surface area contributed by atoms with Gasteiger partial charge in [-0.1, -0.05) is 0 Å². The van der Waals surface area contributed by atoms with Crippen molar-refractivity contribution in [1.29, 1.82) is 0 Å². The van der Waals surface area contributed by atoms with Gasteiger partial charge in [0, 0.05) is 14.2 Å². The second kappa shape index (κ2) is 3.18. The maximum absolute atomic E-state index is 5.17. The first-order chi connectivity index (χ1) is 4.04. The molecular formula is C7H16O2. The quantitative estimate of drug-likeness (QED) is 0.578. The van der Waals surface area contributed by atoms with Crippen LogP contribution in [0, 0.1) is 0 Å². The van der Waals surface area contributed by atoms with Crippen molar-refractivity contribution in [2.24, 2.45) is 0 Å². The molecule has 1 atom stereocenters. The van der Waals surface area contributed by atoms with Crippen molar-refractivity contribution in [3.63, 3.8) is 0 Å². The molecule has 2 heteroatoms. The molecule has 0 aromatic rings. The zero-order valence-electron chi connectivity index (χ0n) is 6.89. The molecule has 9 heavy (non-hydrogen) atoms. The lowest BCUT2D eigenvalue weighted by Gasteiger charge is -2.28. The smallest absolute Gasteiger partial charge is 0.0880 e. The number of rotatable bonds is 3. The molecule has 0 aromatic heterocycles. The molecule has 0 N–H and O–H groups in total. The van der Waals surface area contributed by atoms with Gasteiger partial charge in [0.1, 0.15) is 0 Å². The zero-order chi connectivity index (χ0) is 7.49. The van der Waals surface area contributed by atoms with Gasteiger partial charge in [0.2, 0.25) is 0 Å². The molecule has 0 aliphatic carbocycles. The summed E-state index contributed by atoms with van der Waals surface area (Å²) < 4.78 is 10.2. The molecule has 0 fully saturated rings. The molecule has 0 spiro atoms. The van der Waals surface area contributed by atoms with Gasteiger partial charge >= 0.3 is 0 Å². The monoisotopic (exact) mass is 132 g/mol. The Morgan fingerprint density at radius 1 is 1.22 bits per heavy atom. The van der Waals surface area contributed by atoms with E-state index in [4.69, 9.17) is 9.47 Å². The second-order valence-electron chi connectivity index (χ2n) is 2.69. The Kier molecular flexibility index (Phi) is 3.15. The number of hydrogen-bond donors (Lipinski definition) is 0. The Bertz CT molecular complexity index is 79.0. The van der Waals surface area contributed by atoms with Gasteiger partial charge in [-0.2, -0.15) is 0 Å². The molecule has 0 aliphatic heterocycles. The Labute approximate surface area is 57.2 Å². The molecule has 0 radical (unpaired) electrons.